The fourth-order valence-electron chi connectivity index (χ4n) is 3.47. The molecule has 1 spiro atoms. The SMILES string of the molecule is COC1Oc2ccc3c(c2O1)Cc1ccccc1S31OCCCO1. The van der Waals surface area contributed by atoms with Crippen LogP contribution in [0.2, 0.25) is 0 Å². The Labute approximate surface area is 142 Å². The minimum Gasteiger partial charge on any atom is -0.428 e. The number of rotatable bonds is 1. The highest BCUT2D eigenvalue weighted by Gasteiger charge is 2.41. The second-order valence-electron chi connectivity index (χ2n) is 5.92. The molecule has 3 aliphatic heterocycles. The van der Waals surface area contributed by atoms with Gasteiger partial charge in [0, 0.05) is 19.1 Å². The number of benzene rings is 2. The Morgan fingerprint density at radius 2 is 1.83 bits per heavy atom. The van der Waals surface area contributed by atoms with Crippen molar-refractivity contribution in [3.05, 3.63) is 47.5 Å². The summed E-state index contributed by atoms with van der Waals surface area (Å²) in [6.45, 7) is 0.721. The second-order valence-corrected chi connectivity index (χ2v) is 8.27. The third-order valence-electron chi connectivity index (χ3n) is 4.52. The molecule has 3 heterocycles. The molecule has 2 aromatic carbocycles. The quantitative estimate of drug-likeness (QED) is 0.786. The molecule has 0 amide bonds. The molecule has 0 radical (unpaired) electrons. The van der Waals surface area contributed by atoms with Crippen molar-refractivity contribution in [1.82, 2.24) is 0 Å². The van der Waals surface area contributed by atoms with Crippen molar-refractivity contribution >= 4 is 10.6 Å². The van der Waals surface area contributed by atoms with Gasteiger partial charge in [-0.25, -0.2) is 0 Å². The first-order valence-electron chi connectivity index (χ1n) is 8.04. The molecule has 0 N–H and O–H groups in total. The van der Waals surface area contributed by atoms with E-state index in [0.29, 0.717) is 19.0 Å². The lowest BCUT2D eigenvalue weighted by Gasteiger charge is -2.49. The van der Waals surface area contributed by atoms with Crippen LogP contribution in [0.15, 0.2) is 46.2 Å². The first kappa shape index (κ1) is 14.6. The maximum atomic E-state index is 6.31. The Hall–Kier alpha value is -1.73. The standard InChI is InChI=1S/C18H18O5S/c1-19-18-22-14-7-8-16-13(17(14)23-18)11-12-5-2-3-6-15(12)24(16)20-9-4-10-21-24/h2-3,5-8,18H,4,9-11H2,1H3. The van der Waals surface area contributed by atoms with E-state index in [1.807, 2.05) is 12.1 Å². The van der Waals surface area contributed by atoms with Crippen molar-refractivity contribution < 1.29 is 22.6 Å². The van der Waals surface area contributed by atoms with Crippen LogP contribution in [0.25, 0.3) is 0 Å². The smallest absolute Gasteiger partial charge is 0.360 e. The van der Waals surface area contributed by atoms with Gasteiger partial charge in [0.25, 0.3) is 0 Å². The minimum absolute atomic E-state index is 0.692. The van der Waals surface area contributed by atoms with E-state index in [2.05, 4.69) is 24.3 Å². The van der Waals surface area contributed by atoms with Crippen LogP contribution in [0.5, 0.6) is 11.5 Å². The average molecular weight is 346 g/mol. The molecule has 1 fully saturated rings. The third-order valence-corrected chi connectivity index (χ3v) is 7.45. The Bertz CT molecular complexity index is 800. The molecule has 3 aliphatic rings. The van der Waals surface area contributed by atoms with Crippen molar-refractivity contribution in [2.45, 2.75) is 29.1 Å². The molecule has 0 bridgehead atoms. The number of hydrogen-bond donors (Lipinski definition) is 0. The molecule has 0 aliphatic carbocycles. The Kier molecular flexibility index (Phi) is 3.28. The summed E-state index contributed by atoms with van der Waals surface area (Å²) in [5, 5.41) is 0. The molecular formula is C18H18O5S. The zero-order chi connectivity index (χ0) is 16.1. The van der Waals surface area contributed by atoms with Crippen LogP contribution in [0.4, 0.5) is 0 Å². The van der Waals surface area contributed by atoms with Gasteiger partial charge in [-0.05, 0) is 30.2 Å². The molecule has 126 valence electrons. The molecule has 2 aromatic rings. The molecule has 5 rings (SSSR count). The van der Waals surface area contributed by atoms with Crippen LogP contribution in [0.1, 0.15) is 17.5 Å². The molecule has 24 heavy (non-hydrogen) atoms. The normalized spacial score (nSPS) is 24.3. The van der Waals surface area contributed by atoms with Crippen LogP contribution in [0.3, 0.4) is 0 Å². The van der Waals surface area contributed by atoms with Gasteiger partial charge in [0.05, 0.1) is 23.0 Å². The van der Waals surface area contributed by atoms with E-state index in [0.717, 1.165) is 29.1 Å². The maximum absolute atomic E-state index is 6.31. The number of fused-ring (bicyclic) bond motifs is 6. The van der Waals surface area contributed by atoms with Gasteiger partial charge < -0.3 is 14.2 Å². The van der Waals surface area contributed by atoms with E-state index < -0.39 is 17.1 Å². The van der Waals surface area contributed by atoms with Gasteiger partial charge >= 0.3 is 6.48 Å². The summed E-state index contributed by atoms with van der Waals surface area (Å²) in [5.41, 5.74) is 2.31. The number of methoxy groups -OCH3 is 1. The second kappa shape index (κ2) is 5.39. The molecule has 5 nitrogen and oxygen atoms in total. The van der Waals surface area contributed by atoms with Crippen molar-refractivity contribution in [1.29, 1.82) is 0 Å². The van der Waals surface area contributed by atoms with Crippen LogP contribution < -0.4 is 9.47 Å². The van der Waals surface area contributed by atoms with Gasteiger partial charge in [-0.15, -0.1) is 10.6 Å². The summed E-state index contributed by atoms with van der Waals surface area (Å²) in [6.07, 6.45) is 1.69. The lowest BCUT2D eigenvalue weighted by atomic mass is 10.0. The Morgan fingerprint density at radius 3 is 2.67 bits per heavy atom. The molecular weight excluding hydrogens is 328 g/mol. The summed E-state index contributed by atoms with van der Waals surface area (Å²) in [6, 6.07) is 12.4. The van der Waals surface area contributed by atoms with E-state index in [1.54, 1.807) is 7.11 Å². The van der Waals surface area contributed by atoms with Crippen LogP contribution in [-0.4, -0.2) is 26.8 Å². The van der Waals surface area contributed by atoms with Gasteiger partial charge in [0.1, 0.15) is 0 Å². The highest BCUT2D eigenvalue weighted by atomic mass is 32.3. The third kappa shape index (κ3) is 1.94. The average Bonchev–Trinajstić information content (AvgIpc) is 3.07. The van der Waals surface area contributed by atoms with Gasteiger partial charge in [-0.2, -0.15) is 0 Å². The molecule has 1 unspecified atom stereocenters. The minimum atomic E-state index is -1.94. The van der Waals surface area contributed by atoms with Crippen molar-refractivity contribution in [3.8, 4) is 11.5 Å². The molecule has 6 heteroatoms. The van der Waals surface area contributed by atoms with E-state index in [4.69, 9.17) is 22.6 Å². The summed E-state index contributed by atoms with van der Waals surface area (Å²) in [7, 11) is -0.372. The van der Waals surface area contributed by atoms with Crippen molar-refractivity contribution in [3.63, 3.8) is 0 Å². The molecule has 1 atom stereocenters. The molecule has 0 aromatic heterocycles. The van der Waals surface area contributed by atoms with E-state index in [-0.39, 0.29) is 0 Å². The fraction of sp³-hybridized carbons (Fsp3) is 0.333. The van der Waals surface area contributed by atoms with E-state index >= 15 is 0 Å². The monoisotopic (exact) mass is 346 g/mol. The van der Waals surface area contributed by atoms with Gasteiger partial charge in [0.2, 0.25) is 0 Å². The van der Waals surface area contributed by atoms with Gasteiger partial charge in [0.15, 0.2) is 11.5 Å². The van der Waals surface area contributed by atoms with Crippen LogP contribution >= 0.6 is 10.6 Å². The van der Waals surface area contributed by atoms with Crippen LogP contribution in [0, 0.1) is 0 Å². The lowest BCUT2D eigenvalue weighted by Crippen LogP contribution is -2.23. The molecule has 1 saturated heterocycles. The summed E-state index contributed by atoms with van der Waals surface area (Å²) in [5.74, 6) is 1.46. The first-order valence-corrected chi connectivity index (χ1v) is 9.52. The summed E-state index contributed by atoms with van der Waals surface area (Å²) < 4.78 is 29.3. The van der Waals surface area contributed by atoms with E-state index in [1.165, 1.54) is 10.5 Å². The topological polar surface area (TPSA) is 46.2 Å². The van der Waals surface area contributed by atoms with Gasteiger partial charge in [-0.1, -0.05) is 18.2 Å². The number of ether oxygens (including phenoxy) is 3. The summed E-state index contributed by atoms with van der Waals surface area (Å²) >= 11 is 0. The lowest BCUT2D eigenvalue weighted by molar-refractivity contribution is -0.158. The first-order chi connectivity index (χ1) is 11.8. The van der Waals surface area contributed by atoms with Crippen molar-refractivity contribution in [2.75, 3.05) is 20.3 Å². The summed E-state index contributed by atoms with van der Waals surface area (Å²) in [4.78, 5) is 2.25. The maximum Gasteiger partial charge on any atom is 0.360 e. The van der Waals surface area contributed by atoms with Crippen molar-refractivity contribution in [2.24, 2.45) is 0 Å². The van der Waals surface area contributed by atoms with Crippen LogP contribution in [-0.2, 0) is 19.5 Å². The predicted molar refractivity (Wildman–Crippen MR) is 88.4 cm³/mol. The zero-order valence-corrected chi connectivity index (χ0v) is 14.1. The highest BCUT2D eigenvalue weighted by molar-refractivity contribution is 8.26. The largest absolute Gasteiger partial charge is 0.428 e. The predicted octanol–water partition coefficient (Wildman–Crippen LogP) is 3.78. The highest BCUT2D eigenvalue weighted by Crippen LogP contribution is 2.71. The van der Waals surface area contributed by atoms with Gasteiger partial charge in [-0.3, -0.25) is 8.37 Å². The fourth-order valence-corrected chi connectivity index (χ4v) is 6.47. The Morgan fingerprint density at radius 1 is 1.00 bits per heavy atom. The number of hydrogen-bond acceptors (Lipinski definition) is 5. The zero-order valence-electron chi connectivity index (χ0n) is 13.3. The van der Waals surface area contributed by atoms with E-state index in [9.17, 15) is 0 Å². The molecule has 0 saturated carbocycles. The Balaban J connectivity index is 1.72.